The Hall–Kier alpha value is -2.74. The van der Waals surface area contributed by atoms with E-state index in [1.807, 2.05) is 62.4 Å². The summed E-state index contributed by atoms with van der Waals surface area (Å²) in [5.74, 6) is 0.0382. The van der Waals surface area contributed by atoms with Crippen LogP contribution in [0.4, 0.5) is 0 Å². The molecule has 0 aliphatic rings. The number of rotatable bonds is 2. The maximum absolute atomic E-state index is 12.4. The van der Waals surface area contributed by atoms with E-state index in [1.54, 1.807) is 6.07 Å². The highest BCUT2D eigenvalue weighted by Gasteiger charge is 2.13. The van der Waals surface area contributed by atoms with Crippen molar-refractivity contribution in [1.29, 1.82) is 0 Å². The van der Waals surface area contributed by atoms with Crippen LogP contribution in [0.2, 0.25) is 0 Å². The van der Waals surface area contributed by atoms with Crippen molar-refractivity contribution in [3.63, 3.8) is 0 Å². The molecule has 0 aliphatic heterocycles. The van der Waals surface area contributed by atoms with Crippen LogP contribution < -0.4 is 0 Å². The maximum Gasteiger partial charge on any atom is 0.187 e. The summed E-state index contributed by atoms with van der Waals surface area (Å²) in [6.07, 6.45) is 0. The third kappa shape index (κ3) is 2.68. The summed E-state index contributed by atoms with van der Waals surface area (Å²) in [5, 5.41) is 22.7. The van der Waals surface area contributed by atoms with Gasteiger partial charge in [0.2, 0.25) is 0 Å². The largest absolute Gasteiger partial charge is 0.507 e. The second-order valence-corrected chi connectivity index (χ2v) is 5.60. The lowest BCUT2D eigenvalue weighted by molar-refractivity contribution is 0.356. The second kappa shape index (κ2) is 5.57. The van der Waals surface area contributed by atoms with Gasteiger partial charge in [0.1, 0.15) is 5.75 Å². The topological polar surface area (TPSA) is 40.1 Å². The van der Waals surface area contributed by atoms with E-state index in [-0.39, 0.29) is 11.5 Å². The molecule has 0 bridgehead atoms. The lowest BCUT2D eigenvalue weighted by atomic mass is 9.97. The van der Waals surface area contributed by atoms with Gasteiger partial charge < -0.3 is 5.11 Å². The lowest BCUT2D eigenvalue weighted by Crippen LogP contribution is -1.84. The van der Waals surface area contributed by atoms with Gasteiger partial charge in [0.15, 0.2) is 5.75 Å². The Morgan fingerprint density at radius 2 is 1.14 bits per heavy atom. The van der Waals surface area contributed by atoms with E-state index in [4.69, 9.17) is 0 Å². The first-order valence-electron chi connectivity index (χ1n) is 7.23. The molecule has 0 aromatic heterocycles. The fraction of sp³-hybridized carbons (Fsp3) is 0.100. The first-order valence-corrected chi connectivity index (χ1v) is 7.23. The zero-order valence-electron chi connectivity index (χ0n) is 12.6. The van der Waals surface area contributed by atoms with Gasteiger partial charge in [0.05, 0.1) is 0 Å². The standard InChI is InChI=1S/C20H17O2/c1-13-3-7-15(8-4-13)17-11-20(22)18(12-19(17)21)16-9-5-14(2)6-10-16/h3-12,21H,1-2H3. The number of hydrogen-bond donors (Lipinski definition) is 1. The third-order valence-electron chi connectivity index (χ3n) is 3.82. The van der Waals surface area contributed by atoms with Crippen molar-refractivity contribution in [2.75, 3.05) is 0 Å². The summed E-state index contributed by atoms with van der Waals surface area (Å²) < 4.78 is 0. The van der Waals surface area contributed by atoms with Gasteiger partial charge in [-0.25, -0.2) is 0 Å². The molecule has 0 heterocycles. The molecule has 0 saturated heterocycles. The number of hydrogen-bond acceptors (Lipinski definition) is 1. The number of phenolic OH excluding ortho intramolecular Hbond substituents is 1. The number of benzene rings is 3. The molecule has 0 aliphatic carbocycles. The Morgan fingerprint density at radius 3 is 1.64 bits per heavy atom. The van der Waals surface area contributed by atoms with Crippen molar-refractivity contribution < 1.29 is 10.2 Å². The van der Waals surface area contributed by atoms with Crippen LogP contribution in [0.25, 0.3) is 22.3 Å². The van der Waals surface area contributed by atoms with E-state index >= 15 is 0 Å². The van der Waals surface area contributed by atoms with E-state index < -0.39 is 0 Å². The summed E-state index contributed by atoms with van der Waals surface area (Å²) in [7, 11) is 0. The minimum atomic E-state index is -0.0859. The van der Waals surface area contributed by atoms with Crippen LogP contribution in [0.3, 0.4) is 0 Å². The summed E-state index contributed by atoms with van der Waals surface area (Å²) >= 11 is 0. The van der Waals surface area contributed by atoms with Gasteiger partial charge in [0, 0.05) is 11.1 Å². The van der Waals surface area contributed by atoms with Gasteiger partial charge in [-0.3, -0.25) is 5.11 Å². The van der Waals surface area contributed by atoms with Crippen molar-refractivity contribution in [2.24, 2.45) is 0 Å². The molecule has 3 aromatic carbocycles. The van der Waals surface area contributed by atoms with Gasteiger partial charge >= 0.3 is 0 Å². The zero-order chi connectivity index (χ0) is 15.7. The predicted octanol–water partition coefficient (Wildman–Crippen LogP) is 5.49. The average molecular weight is 289 g/mol. The fourth-order valence-electron chi connectivity index (χ4n) is 2.49. The highest BCUT2D eigenvalue weighted by atomic mass is 16.3. The van der Waals surface area contributed by atoms with Gasteiger partial charge in [-0.2, -0.15) is 0 Å². The van der Waals surface area contributed by atoms with Crippen LogP contribution in [0.15, 0.2) is 60.7 Å². The van der Waals surface area contributed by atoms with Crippen molar-refractivity contribution >= 4 is 0 Å². The molecule has 1 radical (unpaired) electrons. The molecule has 0 fully saturated rings. The quantitative estimate of drug-likeness (QED) is 0.666. The Morgan fingerprint density at radius 1 is 0.682 bits per heavy atom. The van der Waals surface area contributed by atoms with Gasteiger partial charge in [-0.1, -0.05) is 59.7 Å². The molecule has 0 amide bonds. The predicted molar refractivity (Wildman–Crippen MR) is 88.6 cm³/mol. The third-order valence-corrected chi connectivity index (χ3v) is 3.82. The van der Waals surface area contributed by atoms with Crippen molar-refractivity contribution in [3.8, 4) is 33.8 Å². The second-order valence-electron chi connectivity index (χ2n) is 5.60. The molecule has 109 valence electrons. The minimum Gasteiger partial charge on any atom is -0.507 e. The van der Waals surface area contributed by atoms with Crippen LogP contribution in [0.1, 0.15) is 11.1 Å². The van der Waals surface area contributed by atoms with Crippen molar-refractivity contribution in [3.05, 3.63) is 71.8 Å². The molecule has 0 saturated carbocycles. The molecule has 2 heteroatoms. The smallest absolute Gasteiger partial charge is 0.187 e. The highest BCUT2D eigenvalue weighted by molar-refractivity contribution is 5.80. The minimum absolute atomic E-state index is 0.0859. The van der Waals surface area contributed by atoms with Crippen LogP contribution in [0.5, 0.6) is 11.5 Å². The molecule has 22 heavy (non-hydrogen) atoms. The lowest BCUT2D eigenvalue weighted by Gasteiger charge is -2.10. The van der Waals surface area contributed by atoms with Gasteiger partial charge in [0.25, 0.3) is 0 Å². The van der Waals surface area contributed by atoms with Crippen molar-refractivity contribution in [2.45, 2.75) is 13.8 Å². The summed E-state index contributed by atoms with van der Waals surface area (Å²) in [5.41, 5.74) is 5.03. The molecule has 0 unspecified atom stereocenters. The Bertz CT molecular complexity index is 729. The zero-order valence-corrected chi connectivity index (χ0v) is 12.6. The monoisotopic (exact) mass is 289 g/mol. The van der Waals surface area contributed by atoms with E-state index in [0.717, 1.165) is 22.3 Å². The summed E-state index contributed by atoms with van der Waals surface area (Å²) in [6.45, 7) is 4.00. The van der Waals surface area contributed by atoms with Crippen molar-refractivity contribution in [1.82, 2.24) is 0 Å². The van der Waals surface area contributed by atoms with Gasteiger partial charge in [-0.05, 0) is 37.1 Å². The molecule has 0 spiro atoms. The Labute approximate surface area is 130 Å². The Kier molecular flexibility index (Phi) is 3.60. The van der Waals surface area contributed by atoms with E-state index in [1.165, 1.54) is 6.07 Å². The SMILES string of the molecule is Cc1ccc(-c2cc(O)c(-c3ccc(C)cc3)cc2[O])cc1. The number of phenols is 1. The van der Waals surface area contributed by atoms with E-state index in [9.17, 15) is 10.2 Å². The van der Waals surface area contributed by atoms with Crippen LogP contribution >= 0.6 is 0 Å². The first kappa shape index (κ1) is 14.2. The van der Waals surface area contributed by atoms with Crippen LogP contribution in [-0.4, -0.2) is 5.11 Å². The highest BCUT2D eigenvalue weighted by Crippen LogP contribution is 2.40. The maximum atomic E-state index is 12.4. The molecule has 0 atom stereocenters. The molecular formula is C20H17O2. The molecule has 1 N–H and O–H groups in total. The summed E-state index contributed by atoms with van der Waals surface area (Å²) in [4.78, 5) is 0. The number of aryl methyl sites for hydroxylation is 2. The van der Waals surface area contributed by atoms with E-state index in [0.29, 0.717) is 11.1 Å². The normalized spacial score (nSPS) is 10.6. The molecule has 3 aromatic rings. The van der Waals surface area contributed by atoms with Crippen LogP contribution in [-0.2, 0) is 5.11 Å². The molecular weight excluding hydrogens is 272 g/mol. The average Bonchev–Trinajstić information content (AvgIpc) is 2.51. The Balaban J connectivity index is 2.08. The van der Waals surface area contributed by atoms with E-state index in [2.05, 4.69) is 0 Å². The van der Waals surface area contributed by atoms with Gasteiger partial charge in [-0.15, -0.1) is 0 Å². The molecule has 2 nitrogen and oxygen atoms in total. The number of aromatic hydroxyl groups is 1. The summed E-state index contributed by atoms with van der Waals surface area (Å²) in [6, 6.07) is 18.5. The molecule has 3 rings (SSSR count). The van der Waals surface area contributed by atoms with Crippen LogP contribution in [0, 0.1) is 13.8 Å². The fourth-order valence-corrected chi connectivity index (χ4v) is 2.49. The first-order chi connectivity index (χ1) is 10.5.